The molecular formula is C5H10N2O2. The molecule has 9 heavy (non-hydrogen) atoms. The summed E-state index contributed by atoms with van der Waals surface area (Å²) in [4.78, 5) is 10.3. The van der Waals surface area contributed by atoms with Gasteiger partial charge in [0.05, 0.1) is 0 Å². The van der Waals surface area contributed by atoms with Crippen LogP contribution in [0, 0.1) is 0 Å². The van der Waals surface area contributed by atoms with Crippen LogP contribution in [0.5, 0.6) is 0 Å². The van der Waals surface area contributed by atoms with Crippen molar-refractivity contribution in [2.75, 3.05) is 0 Å². The zero-order valence-electron chi connectivity index (χ0n) is 5.22. The Hall–Kier alpha value is -1.03. The average Bonchev–Trinajstić information content (AvgIpc) is 1.87. The molecule has 0 aliphatic rings. The van der Waals surface area contributed by atoms with E-state index in [0.29, 0.717) is 12.1 Å². The molecule has 0 atom stereocenters. The van der Waals surface area contributed by atoms with Gasteiger partial charge in [0, 0.05) is 11.8 Å². The van der Waals surface area contributed by atoms with E-state index in [1.165, 1.54) is 5.48 Å². The van der Waals surface area contributed by atoms with Crippen molar-refractivity contribution < 1.29 is 10.0 Å². The second-order valence-electron chi connectivity index (χ2n) is 1.55. The van der Waals surface area contributed by atoms with E-state index in [0.717, 1.165) is 6.08 Å². The lowest BCUT2D eigenvalue weighted by Gasteiger charge is -1.92. The topological polar surface area (TPSA) is 75.4 Å². The van der Waals surface area contributed by atoms with Crippen LogP contribution < -0.4 is 11.2 Å². The van der Waals surface area contributed by atoms with Crippen LogP contribution in [0.1, 0.15) is 13.3 Å². The average molecular weight is 130 g/mol. The molecule has 1 amide bonds. The molecule has 0 radical (unpaired) electrons. The number of amides is 1. The molecule has 0 aliphatic heterocycles. The van der Waals surface area contributed by atoms with E-state index >= 15 is 0 Å². The van der Waals surface area contributed by atoms with Crippen LogP contribution in [-0.4, -0.2) is 11.1 Å². The van der Waals surface area contributed by atoms with E-state index in [-0.39, 0.29) is 0 Å². The van der Waals surface area contributed by atoms with E-state index in [9.17, 15) is 4.79 Å². The molecular weight excluding hydrogens is 120 g/mol. The van der Waals surface area contributed by atoms with E-state index in [2.05, 4.69) is 0 Å². The summed E-state index contributed by atoms with van der Waals surface area (Å²) in [5.74, 6) is -0.589. The Morgan fingerprint density at radius 3 is 2.78 bits per heavy atom. The van der Waals surface area contributed by atoms with Gasteiger partial charge in [0.25, 0.3) is 5.91 Å². The van der Waals surface area contributed by atoms with Gasteiger partial charge in [-0.05, 0) is 6.42 Å². The number of hydrogen-bond donors (Lipinski definition) is 3. The number of hydroxylamine groups is 1. The first-order valence-corrected chi connectivity index (χ1v) is 2.60. The normalized spacial score (nSPS) is 11.1. The highest BCUT2D eigenvalue weighted by Crippen LogP contribution is 1.87. The maximum atomic E-state index is 10.3. The van der Waals surface area contributed by atoms with Gasteiger partial charge in [0.2, 0.25) is 0 Å². The lowest BCUT2D eigenvalue weighted by Crippen LogP contribution is -2.17. The maximum absolute atomic E-state index is 10.3. The largest absolute Gasteiger partial charge is 0.402 e. The SMILES string of the molecule is CC/C(N)=C/C(=O)NO. The number of nitrogens with two attached hydrogens (primary N) is 1. The Kier molecular flexibility index (Phi) is 3.46. The molecule has 0 aromatic rings. The predicted molar refractivity (Wildman–Crippen MR) is 32.5 cm³/mol. The van der Waals surface area contributed by atoms with Crippen molar-refractivity contribution in [2.45, 2.75) is 13.3 Å². The summed E-state index contributed by atoms with van der Waals surface area (Å²) in [6.45, 7) is 1.82. The first-order chi connectivity index (χ1) is 4.20. The minimum Gasteiger partial charge on any atom is -0.402 e. The first-order valence-electron chi connectivity index (χ1n) is 2.60. The first kappa shape index (κ1) is 7.97. The summed E-state index contributed by atoms with van der Waals surface area (Å²) >= 11 is 0. The lowest BCUT2D eigenvalue weighted by atomic mass is 10.3. The lowest BCUT2D eigenvalue weighted by molar-refractivity contribution is -0.124. The summed E-state index contributed by atoms with van der Waals surface area (Å²) in [5, 5.41) is 7.98. The second kappa shape index (κ2) is 3.91. The molecule has 0 heterocycles. The summed E-state index contributed by atoms with van der Waals surface area (Å²) in [6, 6.07) is 0. The van der Waals surface area contributed by atoms with Gasteiger partial charge in [-0.1, -0.05) is 6.92 Å². The molecule has 0 fully saturated rings. The van der Waals surface area contributed by atoms with Gasteiger partial charge in [-0.2, -0.15) is 0 Å². The Morgan fingerprint density at radius 1 is 1.89 bits per heavy atom. The van der Waals surface area contributed by atoms with E-state index in [1.54, 1.807) is 0 Å². The summed E-state index contributed by atoms with van der Waals surface area (Å²) in [5.41, 5.74) is 7.12. The van der Waals surface area contributed by atoms with Crippen molar-refractivity contribution >= 4 is 5.91 Å². The summed E-state index contributed by atoms with van der Waals surface area (Å²) < 4.78 is 0. The quantitative estimate of drug-likeness (QED) is 0.274. The zero-order valence-corrected chi connectivity index (χ0v) is 5.22. The standard InChI is InChI=1S/C5H10N2O2/c1-2-4(6)3-5(8)7-9/h3,9H,2,6H2,1H3,(H,7,8)/b4-3-. The Bertz CT molecular complexity index is 131. The van der Waals surface area contributed by atoms with Crippen molar-refractivity contribution in [3.8, 4) is 0 Å². The summed E-state index contributed by atoms with van der Waals surface area (Å²) in [6.07, 6.45) is 1.74. The minimum atomic E-state index is -0.589. The fourth-order valence-electron chi connectivity index (χ4n) is 0.303. The number of hydrogen-bond acceptors (Lipinski definition) is 3. The Morgan fingerprint density at radius 2 is 2.44 bits per heavy atom. The highest BCUT2D eigenvalue weighted by atomic mass is 16.5. The van der Waals surface area contributed by atoms with Crippen molar-refractivity contribution in [2.24, 2.45) is 5.73 Å². The third kappa shape index (κ3) is 3.54. The van der Waals surface area contributed by atoms with Crippen LogP contribution >= 0.6 is 0 Å². The Labute approximate surface area is 53.3 Å². The van der Waals surface area contributed by atoms with Crippen LogP contribution in [0.15, 0.2) is 11.8 Å². The smallest absolute Gasteiger partial charge is 0.269 e. The number of nitrogens with one attached hydrogen (secondary N) is 1. The molecule has 0 unspecified atom stereocenters. The zero-order chi connectivity index (χ0) is 7.28. The highest BCUT2D eigenvalue weighted by Gasteiger charge is 1.91. The predicted octanol–water partition coefficient (Wildman–Crippen LogP) is -0.256. The molecule has 0 saturated carbocycles. The summed E-state index contributed by atoms with van der Waals surface area (Å²) in [7, 11) is 0. The second-order valence-corrected chi connectivity index (χ2v) is 1.55. The van der Waals surface area contributed by atoms with Gasteiger partial charge in [-0.15, -0.1) is 0 Å². The molecule has 0 bridgehead atoms. The van der Waals surface area contributed by atoms with Crippen LogP contribution in [0.4, 0.5) is 0 Å². The van der Waals surface area contributed by atoms with E-state index < -0.39 is 5.91 Å². The molecule has 4 N–H and O–H groups in total. The van der Waals surface area contributed by atoms with Crippen LogP contribution in [0.25, 0.3) is 0 Å². The molecule has 0 rings (SSSR count). The van der Waals surface area contributed by atoms with Gasteiger partial charge in [0.15, 0.2) is 0 Å². The van der Waals surface area contributed by atoms with Crippen molar-refractivity contribution in [3.05, 3.63) is 11.8 Å². The minimum absolute atomic E-state index is 0.446. The van der Waals surface area contributed by atoms with Gasteiger partial charge >= 0.3 is 0 Å². The third-order valence-corrected chi connectivity index (χ3v) is 0.835. The maximum Gasteiger partial charge on any atom is 0.269 e. The third-order valence-electron chi connectivity index (χ3n) is 0.835. The van der Waals surface area contributed by atoms with Crippen molar-refractivity contribution in [3.63, 3.8) is 0 Å². The van der Waals surface area contributed by atoms with E-state index in [4.69, 9.17) is 10.9 Å². The highest BCUT2D eigenvalue weighted by molar-refractivity contribution is 5.86. The fourth-order valence-corrected chi connectivity index (χ4v) is 0.303. The van der Waals surface area contributed by atoms with Gasteiger partial charge < -0.3 is 5.73 Å². The van der Waals surface area contributed by atoms with E-state index in [1.807, 2.05) is 6.92 Å². The molecule has 52 valence electrons. The molecule has 0 aliphatic carbocycles. The fraction of sp³-hybridized carbons (Fsp3) is 0.400. The molecule has 0 aromatic carbocycles. The molecule has 4 nitrogen and oxygen atoms in total. The number of carbonyl (C=O) groups excluding carboxylic acids is 1. The number of allylic oxidation sites excluding steroid dienone is 1. The Balaban J connectivity index is 3.79. The van der Waals surface area contributed by atoms with Crippen LogP contribution in [-0.2, 0) is 4.79 Å². The number of carbonyl (C=O) groups is 1. The molecule has 0 spiro atoms. The van der Waals surface area contributed by atoms with Gasteiger partial charge in [-0.25, -0.2) is 5.48 Å². The number of rotatable bonds is 2. The van der Waals surface area contributed by atoms with Gasteiger partial charge in [-0.3, -0.25) is 10.0 Å². The van der Waals surface area contributed by atoms with Crippen LogP contribution in [0.3, 0.4) is 0 Å². The molecule has 0 aromatic heterocycles. The van der Waals surface area contributed by atoms with Gasteiger partial charge in [0.1, 0.15) is 0 Å². The molecule has 0 saturated heterocycles. The molecule has 4 heteroatoms. The van der Waals surface area contributed by atoms with Crippen LogP contribution in [0.2, 0.25) is 0 Å². The monoisotopic (exact) mass is 130 g/mol. The van der Waals surface area contributed by atoms with Crippen molar-refractivity contribution in [1.29, 1.82) is 0 Å². The van der Waals surface area contributed by atoms with Crippen molar-refractivity contribution in [1.82, 2.24) is 5.48 Å².